The first-order valence-electron chi connectivity index (χ1n) is 8.98. The molecule has 3 N–H and O–H groups in total. The fraction of sp³-hybridized carbons (Fsp3) is 0.353. The van der Waals surface area contributed by atoms with Crippen LogP contribution in [0.1, 0.15) is 16.9 Å². The van der Waals surface area contributed by atoms with E-state index in [2.05, 4.69) is 20.6 Å². The SMILES string of the molecule is O=C(CCNS(=O)(=O)c1ccc(F)cc1)NNC(=O)c1csc(N2CCOCC2)n1. The number of sulfonamides is 1. The summed E-state index contributed by atoms with van der Waals surface area (Å²) in [6, 6.07) is 4.30. The number of hydrazine groups is 1. The van der Waals surface area contributed by atoms with E-state index in [-0.39, 0.29) is 23.6 Å². The van der Waals surface area contributed by atoms with Crippen LogP contribution in [-0.4, -0.2) is 58.1 Å². The molecule has 1 aromatic heterocycles. The van der Waals surface area contributed by atoms with Crippen LogP contribution in [0.25, 0.3) is 0 Å². The van der Waals surface area contributed by atoms with E-state index in [1.807, 2.05) is 4.90 Å². The van der Waals surface area contributed by atoms with Crippen LogP contribution >= 0.6 is 11.3 Å². The molecule has 1 fully saturated rings. The molecule has 0 radical (unpaired) electrons. The molecule has 10 nitrogen and oxygen atoms in total. The van der Waals surface area contributed by atoms with E-state index in [9.17, 15) is 22.4 Å². The number of rotatable bonds is 7. The highest BCUT2D eigenvalue weighted by Gasteiger charge is 2.18. The predicted molar refractivity (Wildman–Crippen MR) is 107 cm³/mol. The number of aromatic nitrogens is 1. The highest BCUT2D eigenvalue weighted by molar-refractivity contribution is 7.89. The highest BCUT2D eigenvalue weighted by Crippen LogP contribution is 2.21. The lowest BCUT2D eigenvalue weighted by molar-refractivity contribution is -0.121. The minimum Gasteiger partial charge on any atom is -0.378 e. The predicted octanol–water partition coefficient (Wildman–Crippen LogP) is 0.248. The van der Waals surface area contributed by atoms with Gasteiger partial charge in [0.2, 0.25) is 15.9 Å². The molecule has 2 amide bonds. The van der Waals surface area contributed by atoms with E-state index < -0.39 is 27.7 Å². The summed E-state index contributed by atoms with van der Waals surface area (Å²) in [6.45, 7) is 2.39. The number of ether oxygens (including phenoxy) is 1. The van der Waals surface area contributed by atoms with Gasteiger partial charge in [-0.2, -0.15) is 0 Å². The van der Waals surface area contributed by atoms with E-state index in [0.717, 1.165) is 24.3 Å². The fourth-order valence-electron chi connectivity index (χ4n) is 2.52. The second-order valence-electron chi connectivity index (χ2n) is 6.22. The molecule has 0 unspecified atom stereocenters. The summed E-state index contributed by atoms with van der Waals surface area (Å²) in [5.41, 5.74) is 4.62. The number of benzene rings is 1. The standard InChI is InChI=1S/C17H20FN5O5S2/c18-12-1-3-13(4-2-12)30(26,27)19-6-5-15(24)21-22-16(25)14-11-29-17(20-14)23-7-9-28-10-8-23/h1-4,11,19H,5-10H2,(H,21,24)(H,22,25). The lowest BCUT2D eigenvalue weighted by Gasteiger charge is -2.25. The summed E-state index contributed by atoms with van der Waals surface area (Å²) in [7, 11) is -3.86. The first kappa shape index (κ1) is 22.1. The third kappa shape index (κ3) is 5.95. The van der Waals surface area contributed by atoms with Gasteiger partial charge in [0, 0.05) is 31.4 Å². The van der Waals surface area contributed by atoms with Crippen molar-refractivity contribution in [1.82, 2.24) is 20.6 Å². The number of nitrogens with one attached hydrogen (secondary N) is 3. The molecule has 13 heteroatoms. The maximum Gasteiger partial charge on any atom is 0.289 e. The normalized spacial score (nSPS) is 14.4. The molecule has 1 aliphatic heterocycles. The Kier molecular flexibility index (Phi) is 7.31. The number of carbonyl (C=O) groups excluding carboxylic acids is 2. The Labute approximate surface area is 176 Å². The van der Waals surface area contributed by atoms with Gasteiger partial charge < -0.3 is 9.64 Å². The minimum absolute atomic E-state index is 0.114. The average Bonchev–Trinajstić information content (AvgIpc) is 3.23. The first-order valence-corrected chi connectivity index (χ1v) is 11.3. The van der Waals surface area contributed by atoms with Crippen LogP contribution in [0.2, 0.25) is 0 Å². The minimum atomic E-state index is -3.86. The van der Waals surface area contributed by atoms with Crippen LogP contribution in [0, 0.1) is 5.82 Å². The largest absolute Gasteiger partial charge is 0.378 e. The molecule has 0 spiro atoms. The number of thiazole rings is 1. The number of nitrogens with zero attached hydrogens (tertiary/aromatic N) is 2. The molecular weight excluding hydrogens is 437 g/mol. The molecule has 3 rings (SSSR count). The number of anilines is 1. The van der Waals surface area contributed by atoms with Crippen LogP contribution in [0.5, 0.6) is 0 Å². The van der Waals surface area contributed by atoms with Gasteiger partial charge in [0.1, 0.15) is 11.5 Å². The zero-order chi connectivity index (χ0) is 21.6. The summed E-state index contributed by atoms with van der Waals surface area (Å²) in [6.07, 6.45) is -0.212. The van der Waals surface area contributed by atoms with Crippen molar-refractivity contribution in [1.29, 1.82) is 0 Å². The van der Waals surface area contributed by atoms with Gasteiger partial charge in [0.25, 0.3) is 5.91 Å². The van der Waals surface area contributed by atoms with Crippen molar-refractivity contribution in [2.75, 3.05) is 37.7 Å². The van der Waals surface area contributed by atoms with Gasteiger partial charge >= 0.3 is 0 Å². The Balaban J connectivity index is 1.41. The maximum atomic E-state index is 12.9. The molecule has 30 heavy (non-hydrogen) atoms. The van der Waals surface area contributed by atoms with Gasteiger partial charge in [0.05, 0.1) is 18.1 Å². The number of amides is 2. The van der Waals surface area contributed by atoms with Gasteiger partial charge in [-0.3, -0.25) is 20.4 Å². The smallest absolute Gasteiger partial charge is 0.289 e. The number of morpholine rings is 1. The lowest BCUT2D eigenvalue weighted by atomic mass is 10.4. The molecule has 0 aliphatic carbocycles. The Morgan fingerprint density at radius 1 is 1.17 bits per heavy atom. The van der Waals surface area contributed by atoms with Crippen molar-refractivity contribution in [3.8, 4) is 0 Å². The van der Waals surface area contributed by atoms with Crippen LogP contribution in [0.3, 0.4) is 0 Å². The number of hydrogen-bond acceptors (Lipinski definition) is 8. The monoisotopic (exact) mass is 457 g/mol. The van der Waals surface area contributed by atoms with Crippen molar-refractivity contribution in [2.45, 2.75) is 11.3 Å². The van der Waals surface area contributed by atoms with E-state index in [0.29, 0.717) is 31.4 Å². The quantitative estimate of drug-likeness (QED) is 0.508. The van der Waals surface area contributed by atoms with Crippen molar-refractivity contribution in [3.63, 3.8) is 0 Å². The van der Waals surface area contributed by atoms with Crippen LogP contribution in [0.4, 0.5) is 9.52 Å². The number of hydrogen-bond donors (Lipinski definition) is 3. The zero-order valence-electron chi connectivity index (χ0n) is 15.8. The highest BCUT2D eigenvalue weighted by atomic mass is 32.2. The van der Waals surface area contributed by atoms with Gasteiger partial charge in [0.15, 0.2) is 5.13 Å². The van der Waals surface area contributed by atoms with Crippen molar-refractivity contribution < 1.29 is 27.1 Å². The van der Waals surface area contributed by atoms with Gasteiger partial charge in [-0.25, -0.2) is 22.5 Å². The Morgan fingerprint density at radius 2 is 1.87 bits per heavy atom. The molecule has 162 valence electrons. The molecule has 0 bridgehead atoms. The molecule has 2 aromatic rings. The Hall–Kier alpha value is -2.61. The van der Waals surface area contributed by atoms with Gasteiger partial charge in [-0.1, -0.05) is 0 Å². The summed E-state index contributed by atoms with van der Waals surface area (Å²) in [5.74, 6) is -1.72. The molecule has 2 heterocycles. The van der Waals surface area contributed by atoms with E-state index in [4.69, 9.17) is 4.74 Å². The average molecular weight is 458 g/mol. The van der Waals surface area contributed by atoms with Crippen LogP contribution < -0.4 is 20.5 Å². The molecule has 1 saturated heterocycles. The second-order valence-corrected chi connectivity index (χ2v) is 8.82. The van der Waals surface area contributed by atoms with Crippen LogP contribution in [-0.2, 0) is 19.6 Å². The maximum absolute atomic E-state index is 12.9. The number of carbonyl (C=O) groups is 2. The second kappa shape index (κ2) is 9.93. The summed E-state index contributed by atoms with van der Waals surface area (Å²) in [5, 5.41) is 2.29. The van der Waals surface area contributed by atoms with Gasteiger partial charge in [-0.15, -0.1) is 11.3 Å². The van der Waals surface area contributed by atoms with Crippen molar-refractivity contribution in [3.05, 3.63) is 41.2 Å². The number of halogens is 1. The van der Waals surface area contributed by atoms with E-state index >= 15 is 0 Å². The molecule has 0 atom stereocenters. The van der Waals surface area contributed by atoms with Crippen molar-refractivity contribution in [2.24, 2.45) is 0 Å². The molecule has 1 aliphatic rings. The molecular formula is C17H20FN5O5S2. The fourth-order valence-corrected chi connectivity index (χ4v) is 4.41. The van der Waals surface area contributed by atoms with Gasteiger partial charge in [-0.05, 0) is 24.3 Å². The summed E-state index contributed by atoms with van der Waals surface area (Å²) < 4.78 is 44.5. The van der Waals surface area contributed by atoms with Crippen LogP contribution in [0.15, 0.2) is 34.5 Å². The topological polar surface area (TPSA) is 130 Å². The summed E-state index contributed by atoms with van der Waals surface area (Å²) >= 11 is 1.32. The third-order valence-electron chi connectivity index (χ3n) is 4.09. The first-order chi connectivity index (χ1) is 14.3. The molecule has 0 saturated carbocycles. The van der Waals surface area contributed by atoms with Crippen molar-refractivity contribution >= 4 is 38.3 Å². The van der Waals surface area contributed by atoms with E-state index in [1.54, 1.807) is 5.38 Å². The summed E-state index contributed by atoms with van der Waals surface area (Å²) in [4.78, 5) is 30.1. The Morgan fingerprint density at radius 3 is 2.57 bits per heavy atom. The zero-order valence-corrected chi connectivity index (χ0v) is 17.4. The van der Waals surface area contributed by atoms with E-state index in [1.165, 1.54) is 11.3 Å². The molecule has 1 aromatic carbocycles. The third-order valence-corrected chi connectivity index (χ3v) is 6.47. The lowest BCUT2D eigenvalue weighted by Crippen LogP contribution is -2.43. The Bertz CT molecular complexity index is 990.